The van der Waals surface area contributed by atoms with E-state index in [-0.39, 0.29) is 6.04 Å². The van der Waals surface area contributed by atoms with Crippen molar-refractivity contribution >= 4 is 0 Å². The lowest BCUT2D eigenvalue weighted by Crippen LogP contribution is -2.33. The Labute approximate surface area is 191 Å². The zero-order valence-corrected chi connectivity index (χ0v) is 18.5. The van der Waals surface area contributed by atoms with Crippen LogP contribution < -0.4 is 5.32 Å². The van der Waals surface area contributed by atoms with Crippen molar-refractivity contribution in [3.05, 3.63) is 120 Å². The van der Waals surface area contributed by atoms with Gasteiger partial charge in [-0.15, -0.1) is 0 Å². The van der Waals surface area contributed by atoms with Gasteiger partial charge in [0, 0.05) is 19.6 Å². The molecule has 0 spiro atoms. The molecule has 0 radical (unpaired) electrons. The summed E-state index contributed by atoms with van der Waals surface area (Å²) >= 11 is 0. The van der Waals surface area contributed by atoms with Crippen LogP contribution in [-0.4, -0.2) is 31.1 Å². The van der Waals surface area contributed by atoms with Crippen LogP contribution in [0.15, 0.2) is 109 Å². The molecule has 1 fully saturated rings. The van der Waals surface area contributed by atoms with E-state index in [4.69, 9.17) is 0 Å². The SMILES string of the molecule is c1ccc(-c2ccc(C(c3ccc(-c4ccccc4)cc3)N3CCCNCC3)cc2)cc1. The summed E-state index contributed by atoms with van der Waals surface area (Å²) in [7, 11) is 0. The highest BCUT2D eigenvalue weighted by Gasteiger charge is 2.23. The van der Waals surface area contributed by atoms with E-state index in [1.165, 1.54) is 39.8 Å². The average molecular weight is 419 g/mol. The van der Waals surface area contributed by atoms with Crippen molar-refractivity contribution in [3.8, 4) is 22.3 Å². The Balaban J connectivity index is 1.48. The highest BCUT2D eigenvalue weighted by atomic mass is 15.2. The zero-order valence-electron chi connectivity index (χ0n) is 18.5. The summed E-state index contributed by atoms with van der Waals surface area (Å²) in [6.07, 6.45) is 1.18. The molecule has 32 heavy (non-hydrogen) atoms. The van der Waals surface area contributed by atoms with Gasteiger partial charge >= 0.3 is 0 Å². The third-order valence-corrected chi connectivity index (χ3v) is 6.41. The third kappa shape index (κ3) is 4.67. The second-order valence-electron chi connectivity index (χ2n) is 8.52. The quantitative estimate of drug-likeness (QED) is 0.403. The van der Waals surface area contributed by atoms with Crippen molar-refractivity contribution in [1.29, 1.82) is 0 Å². The van der Waals surface area contributed by atoms with E-state index in [0.717, 1.165) is 26.2 Å². The summed E-state index contributed by atoms with van der Waals surface area (Å²) in [5.74, 6) is 0. The van der Waals surface area contributed by atoms with Crippen molar-refractivity contribution in [1.82, 2.24) is 10.2 Å². The van der Waals surface area contributed by atoms with Crippen LogP contribution in [0.25, 0.3) is 22.3 Å². The second-order valence-corrected chi connectivity index (χ2v) is 8.52. The van der Waals surface area contributed by atoms with Crippen LogP contribution in [0.4, 0.5) is 0 Å². The van der Waals surface area contributed by atoms with Crippen molar-refractivity contribution in [2.75, 3.05) is 26.2 Å². The smallest absolute Gasteiger partial charge is 0.0602 e. The third-order valence-electron chi connectivity index (χ3n) is 6.41. The van der Waals surface area contributed by atoms with E-state index in [2.05, 4.69) is 119 Å². The number of hydrogen-bond acceptors (Lipinski definition) is 2. The van der Waals surface area contributed by atoms with Crippen LogP contribution in [0.5, 0.6) is 0 Å². The van der Waals surface area contributed by atoms with Gasteiger partial charge in [0.2, 0.25) is 0 Å². The average Bonchev–Trinajstić information content (AvgIpc) is 3.16. The van der Waals surface area contributed by atoms with Gasteiger partial charge in [-0.2, -0.15) is 0 Å². The molecule has 2 heteroatoms. The Hall–Kier alpha value is -3.20. The molecule has 0 saturated carbocycles. The minimum Gasteiger partial charge on any atom is -0.315 e. The van der Waals surface area contributed by atoms with Crippen LogP contribution >= 0.6 is 0 Å². The molecule has 1 aliphatic rings. The molecule has 0 bridgehead atoms. The van der Waals surface area contributed by atoms with Crippen LogP contribution in [0, 0.1) is 0 Å². The largest absolute Gasteiger partial charge is 0.315 e. The Morgan fingerprint density at radius 3 is 1.47 bits per heavy atom. The maximum atomic E-state index is 3.55. The molecule has 0 aromatic heterocycles. The molecule has 1 aliphatic heterocycles. The Morgan fingerprint density at radius 1 is 0.500 bits per heavy atom. The number of hydrogen-bond donors (Lipinski definition) is 1. The molecule has 1 N–H and O–H groups in total. The van der Waals surface area contributed by atoms with Crippen molar-refractivity contribution in [3.63, 3.8) is 0 Å². The highest BCUT2D eigenvalue weighted by Crippen LogP contribution is 2.32. The summed E-state index contributed by atoms with van der Waals surface area (Å²) in [5, 5.41) is 3.55. The molecular weight excluding hydrogens is 388 g/mol. The molecule has 0 atom stereocenters. The zero-order chi connectivity index (χ0) is 21.6. The van der Waals surface area contributed by atoms with Gasteiger partial charge in [-0.25, -0.2) is 0 Å². The van der Waals surface area contributed by atoms with Gasteiger partial charge in [-0.3, -0.25) is 4.90 Å². The molecule has 5 rings (SSSR count). The Morgan fingerprint density at radius 2 is 0.969 bits per heavy atom. The minimum atomic E-state index is 0.268. The Kier molecular flexibility index (Phi) is 6.43. The topological polar surface area (TPSA) is 15.3 Å². The first kappa shape index (κ1) is 20.7. The number of rotatable bonds is 5. The first-order chi connectivity index (χ1) is 15.9. The number of nitrogens with zero attached hydrogens (tertiary/aromatic N) is 1. The molecule has 4 aromatic carbocycles. The molecule has 0 aliphatic carbocycles. The predicted octanol–water partition coefficient (Wildman–Crippen LogP) is 6.41. The minimum absolute atomic E-state index is 0.268. The van der Waals surface area contributed by atoms with E-state index < -0.39 is 0 Å². The lowest BCUT2D eigenvalue weighted by atomic mass is 9.93. The summed E-state index contributed by atoms with van der Waals surface area (Å²) < 4.78 is 0. The molecule has 0 amide bonds. The van der Waals surface area contributed by atoms with Crippen LogP contribution in [0.1, 0.15) is 23.6 Å². The molecule has 2 nitrogen and oxygen atoms in total. The fourth-order valence-electron chi connectivity index (χ4n) is 4.72. The van der Waals surface area contributed by atoms with Gasteiger partial charge in [0.25, 0.3) is 0 Å². The van der Waals surface area contributed by atoms with Gasteiger partial charge in [0.1, 0.15) is 0 Å². The normalized spacial score (nSPS) is 14.9. The fraction of sp³-hybridized carbons (Fsp3) is 0.200. The lowest BCUT2D eigenvalue weighted by molar-refractivity contribution is 0.241. The van der Waals surface area contributed by atoms with Crippen LogP contribution in [0.2, 0.25) is 0 Å². The summed E-state index contributed by atoms with van der Waals surface area (Å²) in [5.41, 5.74) is 7.79. The van der Waals surface area contributed by atoms with Crippen LogP contribution in [0.3, 0.4) is 0 Å². The molecule has 1 saturated heterocycles. The monoisotopic (exact) mass is 418 g/mol. The first-order valence-corrected chi connectivity index (χ1v) is 11.6. The number of benzene rings is 4. The molecular formula is C30H30N2. The van der Waals surface area contributed by atoms with Crippen molar-refractivity contribution in [2.24, 2.45) is 0 Å². The first-order valence-electron chi connectivity index (χ1n) is 11.6. The summed E-state index contributed by atoms with van der Waals surface area (Å²) in [6, 6.07) is 39.9. The van der Waals surface area contributed by atoms with Crippen molar-refractivity contribution < 1.29 is 0 Å². The maximum Gasteiger partial charge on any atom is 0.0602 e. The standard InChI is InChI=1S/C30H30N2/c1-3-8-24(9-4-1)26-12-16-28(17-13-26)30(32-22-7-20-31-21-23-32)29-18-14-27(15-19-29)25-10-5-2-6-11-25/h1-6,8-19,30-31H,7,20-23H2. The van der Waals surface area contributed by atoms with Gasteiger partial charge < -0.3 is 5.32 Å². The fourth-order valence-corrected chi connectivity index (χ4v) is 4.72. The maximum absolute atomic E-state index is 3.55. The lowest BCUT2D eigenvalue weighted by Gasteiger charge is -2.31. The summed E-state index contributed by atoms with van der Waals surface area (Å²) in [6.45, 7) is 4.31. The van der Waals surface area contributed by atoms with E-state index in [0.29, 0.717) is 0 Å². The highest BCUT2D eigenvalue weighted by molar-refractivity contribution is 5.65. The molecule has 4 aromatic rings. The number of nitrogens with one attached hydrogen (secondary N) is 1. The van der Waals surface area contributed by atoms with Gasteiger partial charge in [0.05, 0.1) is 6.04 Å². The van der Waals surface area contributed by atoms with Gasteiger partial charge in [-0.05, 0) is 46.3 Å². The second kappa shape index (κ2) is 9.95. The molecule has 0 unspecified atom stereocenters. The van der Waals surface area contributed by atoms with E-state index >= 15 is 0 Å². The van der Waals surface area contributed by atoms with E-state index in [1.54, 1.807) is 0 Å². The van der Waals surface area contributed by atoms with E-state index in [9.17, 15) is 0 Å². The Bertz CT molecular complexity index is 1010. The molecule has 160 valence electrons. The van der Waals surface area contributed by atoms with Gasteiger partial charge in [0.15, 0.2) is 0 Å². The summed E-state index contributed by atoms with van der Waals surface area (Å²) in [4.78, 5) is 2.63. The van der Waals surface area contributed by atoms with Crippen LogP contribution in [-0.2, 0) is 0 Å². The van der Waals surface area contributed by atoms with Crippen molar-refractivity contribution in [2.45, 2.75) is 12.5 Å². The molecule has 1 heterocycles. The predicted molar refractivity (Wildman–Crippen MR) is 135 cm³/mol. The van der Waals surface area contributed by atoms with E-state index in [1.807, 2.05) is 0 Å². The van der Waals surface area contributed by atoms with Gasteiger partial charge in [-0.1, -0.05) is 109 Å².